The molecule has 1 aliphatic heterocycles. The Morgan fingerprint density at radius 1 is 0.882 bits per heavy atom. The number of esters is 1. The van der Waals surface area contributed by atoms with Crippen molar-refractivity contribution in [2.75, 3.05) is 16.8 Å². The molecule has 9 heteroatoms. The summed E-state index contributed by atoms with van der Waals surface area (Å²) in [6.07, 6.45) is 0. The molecule has 0 aliphatic carbocycles. The average Bonchev–Trinajstić information content (AvgIpc) is 3.02. The maximum atomic E-state index is 13.2. The van der Waals surface area contributed by atoms with Gasteiger partial charge in [-0.1, -0.05) is 12.1 Å². The Labute approximate surface area is 192 Å². The van der Waals surface area contributed by atoms with Gasteiger partial charge in [0, 0.05) is 11.8 Å². The number of halogens is 2. The van der Waals surface area contributed by atoms with Crippen LogP contribution < -0.4 is 10.2 Å². The van der Waals surface area contributed by atoms with Crippen LogP contribution in [-0.2, 0) is 9.53 Å². The molecule has 4 rings (SSSR count). The Balaban J connectivity index is 1.47. The number of nitrogens with one attached hydrogen (secondary N) is 1. The number of carbonyl (C=O) groups excluding carboxylic acids is 4. The van der Waals surface area contributed by atoms with Gasteiger partial charge in [-0.05, 0) is 61.4 Å². The number of rotatable bonds is 5. The zero-order valence-electron chi connectivity index (χ0n) is 18.1. The van der Waals surface area contributed by atoms with E-state index < -0.39 is 41.9 Å². The molecule has 0 saturated carbocycles. The van der Waals surface area contributed by atoms with Gasteiger partial charge in [-0.2, -0.15) is 0 Å². The van der Waals surface area contributed by atoms with Crippen LogP contribution in [0.1, 0.15) is 42.2 Å². The lowest BCUT2D eigenvalue weighted by atomic mass is 10.1. The van der Waals surface area contributed by atoms with Crippen LogP contribution in [0.3, 0.4) is 0 Å². The van der Waals surface area contributed by atoms with Gasteiger partial charge in [0.1, 0.15) is 11.6 Å². The zero-order chi connectivity index (χ0) is 24.6. The number of anilines is 2. The van der Waals surface area contributed by atoms with E-state index in [-0.39, 0.29) is 22.4 Å². The van der Waals surface area contributed by atoms with E-state index in [0.717, 1.165) is 28.2 Å². The standard InChI is InChI=1S/C25H18F2N2O5/c1-13-3-4-14(2)21(7-13)29-23(31)19-6-5-15(8-20(19)24(29)32)25(33)34-12-22(30)28-18-10-16(26)9-17(27)11-18/h3-11H,12H2,1-2H3,(H,28,30). The molecule has 0 fully saturated rings. The van der Waals surface area contributed by atoms with Crippen molar-refractivity contribution >= 4 is 35.1 Å². The van der Waals surface area contributed by atoms with E-state index in [0.29, 0.717) is 11.8 Å². The average molecular weight is 464 g/mol. The van der Waals surface area contributed by atoms with E-state index in [2.05, 4.69) is 5.32 Å². The van der Waals surface area contributed by atoms with Gasteiger partial charge in [0.15, 0.2) is 6.61 Å². The van der Waals surface area contributed by atoms with Gasteiger partial charge in [0.25, 0.3) is 17.7 Å². The van der Waals surface area contributed by atoms with E-state index >= 15 is 0 Å². The van der Waals surface area contributed by atoms with Crippen LogP contribution in [0.15, 0.2) is 54.6 Å². The molecular formula is C25H18F2N2O5. The molecule has 3 amide bonds. The maximum absolute atomic E-state index is 13.2. The van der Waals surface area contributed by atoms with Gasteiger partial charge in [-0.25, -0.2) is 18.5 Å². The number of aryl methyl sites for hydroxylation is 2. The quantitative estimate of drug-likeness (QED) is 0.452. The zero-order valence-corrected chi connectivity index (χ0v) is 18.1. The third-order valence-corrected chi connectivity index (χ3v) is 5.21. The third kappa shape index (κ3) is 4.40. The van der Waals surface area contributed by atoms with Crippen LogP contribution in [-0.4, -0.2) is 30.3 Å². The van der Waals surface area contributed by atoms with Gasteiger partial charge in [0.2, 0.25) is 0 Å². The Hall–Kier alpha value is -4.40. The van der Waals surface area contributed by atoms with Crippen molar-refractivity contribution in [2.24, 2.45) is 0 Å². The smallest absolute Gasteiger partial charge is 0.338 e. The van der Waals surface area contributed by atoms with Crippen molar-refractivity contribution in [1.29, 1.82) is 0 Å². The minimum Gasteiger partial charge on any atom is -0.452 e. The van der Waals surface area contributed by atoms with Crippen molar-refractivity contribution in [1.82, 2.24) is 0 Å². The Kier molecular flexibility index (Phi) is 5.93. The van der Waals surface area contributed by atoms with Gasteiger partial charge in [0.05, 0.1) is 22.4 Å². The second-order valence-electron chi connectivity index (χ2n) is 7.78. The van der Waals surface area contributed by atoms with Gasteiger partial charge in [-0.15, -0.1) is 0 Å². The molecule has 0 bridgehead atoms. The summed E-state index contributed by atoms with van der Waals surface area (Å²) in [5.74, 6) is -4.55. The van der Waals surface area contributed by atoms with Crippen molar-refractivity contribution in [3.05, 3.63) is 94.0 Å². The summed E-state index contributed by atoms with van der Waals surface area (Å²) >= 11 is 0. The Morgan fingerprint density at radius 2 is 1.56 bits per heavy atom. The minimum atomic E-state index is -0.909. The number of hydrogen-bond donors (Lipinski definition) is 1. The highest BCUT2D eigenvalue weighted by Crippen LogP contribution is 2.32. The number of carbonyl (C=O) groups is 4. The van der Waals surface area contributed by atoms with E-state index in [1.165, 1.54) is 18.2 Å². The first-order valence-electron chi connectivity index (χ1n) is 10.2. The molecule has 0 spiro atoms. The monoisotopic (exact) mass is 464 g/mol. The summed E-state index contributed by atoms with van der Waals surface area (Å²) < 4.78 is 31.4. The summed E-state index contributed by atoms with van der Waals surface area (Å²) in [6.45, 7) is 2.90. The van der Waals surface area contributed by atoms with Crippen LogP contribution in [0.4, 0.5) is 20.2 Å². The van der Waals surface area contributed by atoms with Crippen LogP contribution in [0.5, 0.6) is 0 Å². The van der Waals surface area contributed by atoms with E-state index in [1.54, 1.807) is 19.1 Å². The first-order valence-corrected chi connectivity index (χ1v) is 10.2. The molecular weight excluding hydrogens is 446 g/mol. The fourth-order valence-electron chi connectivity index (χ4n) is 3.58. The highest BCUT2D eigenvalue weighted by atomic mass is 19.1. The SMILES string of the molecule is Cc1ccc(C)c(N2C(=O)c3ccc(C(=O)OCC(=O)Nc4cc(F)cc(F)c4)cc3C2=O)c1. The summed E-state index contributed by atoms with van der Waals surface area (Å²) in [4.78, 5) is 51.3. The predicted octanol–water partition coefficient (Wildman–Crippen LogP) is 4.18. The highest BCUT2D eigenvalue weighted by Gasteiger charge is 2.38. The topological polar surface area (TPSA) is 92.8 Å². The predicted molar refractivity (Wildman–Crippen MR) is 119 cm³/mol. The van der Waals surface area contributed by atoms with Crippen molar-refractivity contribution in [3.63, 3.8) is 0 Å². The van der Waals surface area contributed by atoms with Crippen LogP contribution in [0.2, 0.25) is 0 Å². The number of fused-ring (bicyclic) bond motifs is 1. The molecule has 0 unspecified atom stereocenters. The van der Waals surface area contributed by atoms with E-state index in [1.807, 2.05) is 13.0 Å². The summed E-state index contributed by atoms with van der Waals surface area (Å²) in [6, 6.07) is 11.8. The molecule has 34 heavy (non-hydrogen) atoms. The largest absolute Gasteiger partial charge is 0.452 e. The molecule has 0 radical (unpaired) electrons. The van der Waals surface area contributed by atoms with Crippen molar-refractivity contribution < 1.29 is 32.7 Å². The molecule has 1 aliphatic rings. The Morgan fingerprint density at radius 3 is 2.26 bits per heavy atom. The number of hydrogen-bond acceptors (Lipinski definition) is 5. The number of benzene rings is 3. The lowest BCUT2D eigenvalue weighted by Gasteiger charge is -2.17. The molecule has 7 nitrogen and oxygen atoms in total. The van der Waals surface area contributed by atoms with Gasteiger partial charge >= 0.3 is 5.97 Å². The number of amides is 3. The third-order valence-electron chi connectivity index (χ3n) is 5.21. The van der Waals surface area contributed by atoms with Gasteiger partial charge in [-0.3, -0.25) is 14.4 Å². The van der Waals surface area contributed by atoms with E-state index in [9.17, 15) is 28.0 Å². The summed E-state index contributed by atoms with van der Waals surface area (Å²) in [7, 11) is 0. The lowest BCUT2D eigenvalue weighted by Crippen LogP contribution is -2.30. The second-order valence-corrected chi connectivity index (χ2v) is 7.78. The minimum absolute atomic E-state index is 0.0349. The number of imide groups is 1. The normalized spacial score (nSPS) is 12.5. The highest BCUT2D eigenvalue weighted by molar-refractivity contribution is 6.35. The number of nitrogens with zero attached hydrogens (tertiary/aromatic N) is 1. The molecule has 3 aromatic carbocycles. The number of ether oxygens (including phenoxy) is 1. The molecule has 0 saturated heterocycles. The first kappa shape index (κ1) is 22.8. The first-order chi connectivity index (χ1) is 16.1. The fraction of sp³-hybridized carbons (Fsp3) is 0.120. The van der Waals surface area contributed by atoms with Crippen molar-refractivity contribution in [2.45, 2.75) is 13.8 Å². The van der Waals surface area contributed by atoms with E-state index in [4.69, 9.17) is 4.74 Å². The van der Waals surface area contributed by atoms with Crippen LogP contribution in [0.25, 0.3) is 0 Å². The molecule has 1 heterocycles. The molecule has 172 valence electrons. The molecule has 0 atom stereocenters. The van der Waals surface area contributed by atoms with Crippen LogP contribution >= 0.6 is 0 Å². The molecule has 3 aromatic rings. The summed E-state index contributed by atoms with van der Waals surface area (Å²) in [5, 5.41) is 2.22. The van der Waals surface area contributed by atoms with Gasteiger partial charge < -0.3 is 10.1 Å². The fourth-order valence-corrected chi connectivity index (χ4v) is 3.58. The van der Waals surface area contributed by atoms with Crippen LogP contribution in [0, 0.1) is 25.5 Å². The maximum Gasteiger partial charge on any atom is 0.338 e. The molecule has 0 aromatic heterocycles. The lowest BCUT2D eigenvalue weighted by molar-refractivity contribution is -0.119. The van der Waals surface area contributed by atoms with Crippen molar-refractivity contribution in [3.8, 4) is 0 Å². The summed E-state index contributed by atoms with van der Waals surface area (Å²) in [5.41, 5.74) is 2.10. The molecule has 1 N–H and O–H groups in total. The Bertz CT molecular complexity index is 1350. The second kappa shape index (κ2) is 8.86.